The second kappa shape index (κ2) is 14.2. The highest BCUT2D eigenvalue weighted by molar-refractivity contribution is 6.07. The van der Waals surface area contributed by atoms with Gasteiger partial charge in [-0.15, -0.1) is 0 Å². The highest BCUT2D eigenvalue weighted by atomic mass is 16.2. The zero-order valence-corrected chi connectivity index (χ0v) is 18.5. The first-order valence-corrected chi connectivity index (χ1v) is 11.1. The summed E-state index contributed by atoms with van der Waals surface area (Å²) in [6, 6.07) is 7.23. The molecule has 0 unspecified atom stereocenters. The predicted octanol–water partition coefficient (Wildman–Crippen LogP) is 5.77. The number of carbonyl (C=O) groups is 2. The average Bonchev–Trinajstić information content (AvgIpc) is 2.72. The zero-order chi connectivity index (χ0) is 20.8. The van der Waals surface area contributed by atoms with Gasteiger partial charge < -0.3 is 9.80 Å². The van der Waals surface area contributed by atoms with Gasteiger partial charge in [-0.1, -0.05) is 77.3 Å². The predicted molar refractivity (Wildman–Crippen MR) is 118 cm³/mol. The van der Waals surface area contributed by atoms with E-state index in [1.165, 1.54) is 38.5 Å². The van der Waals surface area contributed by atoms with Gasteiger partial charge in [-0.25, -0.2) is 0 Å². The van der Waals surface area contributed by atoms with Crippen LogP contribution in [0.3, 0.4) is 0 Å². The summed E-state index contributed by atoms with van der Waals surface area (Å²) in [4.78, 5) is 29.3. The fourth-order valence-electron chi connectivity index (χ4n) is 3.38. The van der Waals surface area contributed by atoms with Gasteiger partial charge in [0.25, 0.3) is 11.8 Å². The lowest BCUT2D eigenvalue weighted by Gasteiger charge is -2.21. The van der Waals surface area contributed by atoms with Crippen molar-refractivity contribution in [3.8, 4) is 0 Å². The fourth-order valence-corrected chi connectivity index (χ4v) is 3.38. The van der Waals surface area contributed by atoms with Crippen LogP contribution in [0.15, 0.2) is 24.3 Å². The van der Waals surface area contributed by atoms with E-state index in [1.54, 1.807) is 21.9 Å². The first-order chi connectivity index (χ1) is 13.5. The molecule has 0 fully saturated rings. The van der Waals surface area contributed by atoms with Gasteiger partial charge in [-0.3, -0.25) is 9.59 Å². The lowest BCUT2D eigenvalue weighted by molar-refractivity contribution is 0.0754. The summed E-state index contributed by atoms with van der Waals surface area (Å²) in [5.41, 5.74) is 1.03. The van der Waals surface area contributed by atoms with Crippen LogP contribution in [-0.4, -0.2) is 48.8 Å². The molecule has 0 saturated carbocycles. The lowest BCUT2D eigenvalue weighted by Crippen LogP contribution is -2.33. The number of nitrogens with zero attached hydrogens (tertiary/aromatic N) is 2. The van der Waals surface area contributed by atoms with Crippen molar-refractivity contribution >= 4 is 11.8 Å². The van der Waals surface area contributed by atoms with Gasteiger partial charge in [0.1, 0.15) is 0 Å². The van der Waals surface area contributed by atoms with Crippen molar-refractivity contribution in [3.63, 3.8) is 0 Å². The Morgan fingerprint density at radius 2 is 1.00 bits per heavy atom. The topological polar surface area (TPSA) is 40.6 Å². The molecule has 0 aliphatic carbocycles. The first kappa shape index (κ1) is 24.2. The van der Waals surface area contributed by atoms with Crippen LogP contribution in [0.1, 0.15) is 98.8 Å². The molecule has 0 aromatic heterocycles. The molecule has 1 aromatic carbocycles. The van der Waals surface area contributed by atoms with E-state index >= 15 is 0 Å². The normalized spacial score (nSPS) is 10.7. The third-order valence-corrected chi connectivity index (χ3v) is 5.28. The van der Waals surface area contributed by atoms with Gasteiger partial charge >= 0.3 is 0 Å². The van der Waals surface area contributed by atoms with E-state index in [9.17, 15) is 9.59 Å². The molecule has 0 atom stereocenters. The molecule has 1 aromatic rings. The van der Waals surface area contributed by atoms with Crippen LogP contribution in [0.2, 0.25) is 0 Å². The number of carbonyl (C=O) groups excluding carboxylic acids is 2. The Labute approximate surface area is 172 Å². The summed E-state index contributed by atoms with van der Waals surface area (Å²) < 4.78 is 0. The standard InChI is InChI=1S/C24H40N2O2/c1-5-7-9-11-15-19-25(3)23(27)21-17-13-14-18-22(21)24(28)26(4)20-16-12-10-8-6-2/h13-14,17-18H,5-12,15-16,19-20H2,1-4H3. The van der Waals surface area contributed by atoms with Gasteiger partial charge in [-0.2, -0.15) is 0 Å². The summed E-state index contributed by atoms with van der Waals surface area (Å²) in [7, 11) is 3.67. The molecular weight excluding hydrogens is 348 g/mol. The second-order valence-electron chi connectivity index (χ2n) is 7.83. The smallest absolute Gasteiger partial charge is 0.254 e. The van der Waals surface area contributed by atoms with E-state index in [0.29, 0.717) is 11.1 Å². The summed E-state index contributed by atoms with van der Waals surface area (Å²) >= 11 is 0. The monoisotopic (exact) mass is 388 g/mol. The van der Waals surface area contributed by atoms with Crippen molar-refractivity contribution in [1.29, 1.82) is 0 Å². The maximum Gasteiger partial charge on any atom is 0.254 e. The Kier molecular flexibility index (Phi) is 12.3. The van der Waals surface area contributed by atoms with Gasteiger partial charge in [0, 0.05) is 27.2 Å². The molecule has 4 nitrogen and oxygen atoms in total. The highest BCUT2D eigenvalue weighted by Crippen LogP contribution is 2.15. The molecule has 0 heterocycles. The molecule has 0 spiro atoms. The number of amides is 2. The molecule has 0 aliphatic rings. The molecule has 0 N–H and O–H groups in total. The molecule has 2 amide bonds. The van der Waals surface area contributed by atoms with Crippen molar-refractivity contribution in [2.24, 2.45) is 0 Å². The molecule has 0 aliphatic heterocycles. The minimum atomic E-state index is -0.0595. The average molecular weight is 389 g/mol. The van der Waals surface area contributed by atoms with Gasteiger partial charge in [0.2, 0.25) is 0 Å². The Morgan fingerprint density at radius 3 is 1.36 bits per heavy atom. The largest absolute Gasteiger partial charge is 0.342 e. The van der Waals surface area contributed by atoms with E-state index in [-0.39, 0.29) is 11.8 Å². The summed E-state index contributed by atoms with van der Waals surface area (Å²) in [6.45, 7) is 5.87. The van der Waals surface area contributed by atoms with Gasteiger partial charge in [0.05, 0.1) is 11.1 Å². The Balaban J connectivity index is 2.64. The summed E-state index contributed by atoms with van der Waals surface area (Å²) in [5, 5.41) is 0. The van der Waals surface area contributed by atoms with Crippen molar-refractivity contribution in [3.05, 3.63) is 35.4 Å². The molecule has 1 rings (SSSR count). The Morgan fingerprint density at radius 1 is 0.643 bits per heavy atom. The number of unbranched alkanes of at least 4 members (excludes halogenated alkanes) is 8. The molecule has 4 heteroatoms. The third-order valence-electron chi connectivity index (χ3n) is 5.28. The number of hydrogen-bond acceptors (Lipinski definition) is 2. The van der Waals surface area contributed by atoms with Crippen LogP contribution in [-0.2, 0) is 0 Å². The Bertz CT molecular complexity index is 535. The van der Waals surface area contributed by atoms with Crippen molar-refractivity contribution in [2.75, 3.05) is 27.2 Å². The molecule has 28 heavy (non-hydrogen) atoms. The quantitative estimate of drug-likeness (QED) is 0.380. The summed E-state index contributed by atoms with van der Waals surface area (Å²) in [5.74, 6) is -0.119. The molecular formula is C24H40N2O2. The first-order valence-electron chi connectivity index (χ1n) is 11.1. The maximum atomic E-state index is 12.9. The minimum absolute atomic E-state index is 0.0595. The highest BCUT2D eigenvalue weighted by Gasteiger charge is 2.21. The van der Waals surface area contributed by atoms with E-state index in [4.69, 9.17) is 0 Å². The Hall–Kier alpha value is -1.84. The van der Waals surface area contributed by atoms with Crippen molar-refractivity contribution < 1.29 is 9.59 Å². The fraction of sp³-hybridized carbons (Fsp3) is 0.667. The SMILES string of the molecule is CCCCCCCN(C)C(=O)c1ccccc1C(=O)N(C)CCCCCCC. The van der Waals surface area contributed by atoms with Crippen molar-refractivity contribution in [1.82, 2.24) is 9.80 Å². The maximum absolute atomic E-state index is 12.9. The molecule has 0 bridgehead atoms. The van der Waals surface area contributed by atoms with E-state index < -0.39 is 0 Å². The van der Waals surface area contributed by atoms with Gasteiger partial charge in [0.15, 0.2) is 0 Å². The van der Waals surface area contributed by atoms with Crippen LogP contribution >= 0.6 is 0 Å². The van der Waals surface area contributed by atoms with E-state index in [1.807, 2.05) is 26.2 Å². The lowest BCUT2D eigenvalue weighted by atomic mass is 10.0. The van der Waals surface area contributed by atoms with Crippen molar-refractivity contribution in [2.45, 2.75) is 78.1 Å². The number of rotatable bonds is 14. The third kappa shape index (κ3) is 8.45. The number of benzene rings is 1. The minimum Gasteiger partial charge on any atom is -0.342 e. The van der Waals surface area contributed by atoms with Crippen LogP contribution in [0, 0.1) is 0 Å². The molecule has 158 valence electrons. The van der Waals surface area contributed by atoms with Crippen LogP contribution in [0.4, 0.5) is 0 Å². The van der Waals surface area contributed by atoms with Crippen LogP contribution in [0.25, 0.3) is 0 Å². The molecule has 0 radical (unpaired) electrons. The molecule has 0 saturated heterocycles. The summed E-state index contributed by atoms with van der Waals surface area (Å²) in [6.07, 6.45) is 11.7. The van der Waals surface area contributed by atoms with E-state index in [0.717, 1.165) is 38.8 Å². The van der Waals surface area contributed by atoms with E-state index in [2.05, 4.69) is 13.8 Å². The van der Waals surface area contributed by atoms with Crippen LogP contribution in [0.5, 0.6) is 0 Å². The van der Waals surface area contributed by atoms with Gasteiger partial charge in [-0.05, 0) is 25.0 Å². The number of hydrogen-bond donors (Lipinski definition) is 0. The van der Waals surface area contributed by atoms with Crippen LogP contribution < -0.4 is 0 Å². The zero-order valence-electron chi connectivity index (χ0n) is 18.5. The second-order valence-corrected chi connectivity index (χ2v) is 7.83.